The van der Waals surface area contributed by atoms with Gasteiger partial charge in [0.05, 0.1) is 16.1 Å². The first-order valence-corrected chi connectivity index (χ1v) is 7.60. The standard InChI is InChI=1S/C16H11Cl2FN2O4/c17-9-5-6-10(12(18)7-9)16(24)25-8-14(22)20-21-15(23)11-3-1-2-4-13(11)19/h1-7H,8H2,(H,20,22)(H,21,23). The van der Waals surface area contributed by atoms with Crippen molar-refractivity contribution < 1.29 is 23.5 Å². The van der Waals surface area contributed by atoms with Crippen LogP contribution in [0.25, 0.3) is 0 Å². The van der Waals surface area contributed by atoms with Crippen molar-refractivity contribution in [3.8, 4) is 0 Å². The fraction of sp³-hybridized carbons (Fsp3) is 0.0625. The fourth-order valence-electron chi connectivity index (χ4n) is 1.74. The molecule has 0 aromatic heterocycles. The third-order valence-electron chi connectivity index (χ3n) is 2.92. The average Bonchev–Trinajstić information content (AvgIpc) is 2.58. The molecular formula is C16H11Cl2FN2O4. The zero-order valence-electron chi connectivity index (χ0n) is 12.5. The molecule has 0 atom stereocenters. The maximum Gasteiger partial charge on any atom is 0.340 e. The Morgan fingerprint density at radius 3 is 2.40 bits per heavy atom. The Kier molecular flexibility index (Phi) is 6.32. The van der Waals surface area contributed by atoms with Gasteiger partial charge < -0.3 is 4.74 Å². The number of carbonyl (C=O) groups excluding carboxylic acids is 3. The Balaban J connectivity index is 1.83. The molecule has 0 heterocycles. The molecule has 2 aromatic carbocycles. The van der Waals surface area contributed by atoms with E-state index in [1.54, 1.807) is 0 Å². The predicted octanol–water partition coefficient (Wildman–Crippen LogP) is 2.75. The Morgan fingerprint density at radius 2 is 1.72 bits per heavy atom. The number of carbonyl (C=O) groups is 3. The molecule has 0 bridgehead atoms. The molecule has 0 fully saturated rings. The van der Waals surface area contributed by atoms with Crippen molar-refractivity contribution in [2.24, 2.45) is 0 Å². The summed E-state index contributed by atoms with van der Waals surface area (Å²) in [4.78, 5) is 35.1. The van der Waals surface area contributed by atoms with Crippen LogP contribution in [-0.4, -0.2) is 24.4 Å². The van der Waals surface area contributed by atoms with Crippen LogP contribution in [0.3, 0.4) is 0 Å². The molecule has 25 heavy (non-hydrogen) atoms. The van der Waals surface area contributed by atoms with Crippen molar-refractivity contribution in [1.29, 1.82) is 0 Å². The van der Waals surface area contributed by atoms with Gasteiger partial charge in [0, 0.05) is 5.02 Å². The second kappa shape index (κ2) is 8.46. The summed E-state index contributed by atoms with van der Waals surface area (Å²) in [6, 6.07) is 9.40. The summed E-state index contributed by atoms with van der Waals surface area (Å²) in [6.45, 7) is -0.671. The quantitative estimate of drug-likeness (QED) is 0.626. The number of hydrogen-bond donors (Lipinski definition) is 2. The molecule has 0 aliphatic carbocycles. The third kappa shape index (κ3) is 5.17. The summed E-state index contributed by atoms with van der Waals surface area (Å²) in [5, 5.41) is 0.418. The topological polar surface area (TPSA) is 84.5 Å². The van der Waals surface area contributed by atoms with E-state index in [-0.39, 0.29) is 16.1 Å². The summed E-state index contributed by atoms with van der Waals surface area (Å²) >= 11 is 11.6. The lowest BCUT2D eigenvalue weighted by Gasteiger charge is -2.09. The Morgan fingerprint density at radius 1 is 1.00 bits per heavy atom. The van der Waals surface area contributed by atoms with Crippen LogP contribution >= 0.6 is 23.2 Å². The molecule has 6 nitrogen and oxygen atoms in total. The summed E-state index contributed by atoms with van der Waals surface area (Å²) < 4.78 is 18.2. The number of hydrazine groups is 1. The van der Waals surface area contributed by atoms with Crippen LogP contribution in [0.2, 0.25) is 10.0 Å². The van der Waals surface area contributed by atoms with Crippen LogP contribution in [0.5, 0.6) is 0 Å². The van der Waals surface area contributed by atoms with Crippen LogP contribution in [-0.2, 0) is 9.53 Å². The largest absolute Gasteiger partial charge is 0.452 e. The van der Waals surface area contributed by atoms with Gasteiger partial charge in [0.1, 0.15) is 5.82 Å². The van der Waals surface area contributed by atoms with Gasteiger partial charge in [-0.15, -0.1) is 0 Å². The molecule has 130 valence electrons. The minimum Gasteiger partial charge on any atom is -0.452 e. The molecule has 2 rings (SSSR count). The van der Waals surface area contributed by atoms with Crippen LogP contribution in [0.4, 0.5) is 4.39 Å². The summed E-state index contributed by atoms with van der Waals surface area (Å²) in [5.41, 5.74) is 3.80. The molecule has 0 radical (unpaired) electrons. The van der Waals surface area contributed by atoms with E-state index >= 15 is 0 Å². The van der Waals surface area contributed by atoms with E-state index in [9.17, 15) is 18.8 Å². The number of hydrogen-bond acceptors (Lipinski definition) is 4. The fourth-order valence-corrected chi connectivity index (χ4v) is 2.22. The molecule has 0 spiro atoms. The highest BCUT2D eigenvalue weighted by atomic mass is 35.5. The monoisotopic (exact) mass is 384 g/mol. The van der Waals surface area contributed by atoms with E-state index in [4.69, 9.17) is 27.9 Å². The number of rotatable bonds is 4. The number of halogens is 3. The molecule has 0 aliphatic rings. The van der Waals surface area contributed by atoms with Crippen LogP contribution < -0.4 is 10.9 Å². The van der Waals surface area contributed by atoms with Crippen molar-refractivity contribution >= 4 is 41.0 Å². The van der Waals surface area contributed by atoms with Crippen molar-refractivity contribution in [3.05, 3.63) is 69.5 Å². The minimum absolute atomic E-state index is 0.0364. The summed E-state index contributed by atoms with van der Waals surface area (Å²) in [5.74, 6) is -3.24. The Labute approximate surface area is 151 Å². The van der Waals surface area contributed by atoms with Crippen LogP contribution in [0, 0.1) is 5.82 Å². The van der Waals surface area contributed by atoms with E-state index in [0.29, 0.717) is 5.02 Å². The first kappa shape index (κ1) is 18.7. The minimum atomic E-state index is -0.849. The Bertz CT molecular complexity index is 830. The van der Waals surface area contributed by atoms with E-state index < -0.39 is 30.2 Å². The van der Waals surface area contributed by atoms with Crippen molar-refractivity contribution in [2.75, 3.05) is 6.61 Å². The van der Waals surface area contributed by atoms with Gasteiger partial charge in [0.25, 0.3) is 11.8 Å². The number of nitrogens with one attached hydrogen (secondary N) is 2. The van der Waals surface area contributed by atoms with Crippen molar-refractivity contribution in [2.45, 2.75) is 0 Å². The second-order valence-corrected chi connectivity index (χ2v) is 5.53. The van der Waals surface area contributed by atoms with Gasteiger partial charge >= 0.3 is 5.97 Å². The highest BCUT2D eigenvalue weighted by Crippen LogP contribution is 2.21. The van der Waals surface area contributed by atoms with E-state index in [2.05, 4.69) is 0 Å². The van der Waals surface area contributed by atoms with Gasteiger partial charge in [-0.3, -0.25) is 20.4 Å². The molecule has 0 saturated carbocycles. The summed E-state index contributed by atoms with van der Waals surface area (Å²) in [7, 11) is 0. The highest BCUT2D eigenvalue weighted by Gasteiger charge is 2.15. The maximum atomic E-state index is 13.4. The van der Waals surface area contributed by atoms with Gasteiger partial charge in [-0.1, -0.05) is 35.3 Å². The predicted molar refractivity (Wildman–Crippen MR) is 88.8 cm³/mol. The van der Waals surface area contributed by atoms with Gasteiger partial charge in [0.15, 0.2) is 6.61 Å². The van der Waals surface area contributed by atoms with E-state index in [1.165, 1.54) is 36.4 Å². The zero-order valence-corrected chi connectivity index (χ0v) is 14.0. The van der Waals surface area contributed by atoms with Gasteiger partial charge in [-0.05, 0) is 30.3 Å². The van der Waals surface area contributed by atoms with Crippen molar-refractivity contribution in [1.82, 2.24) is 10.9 Å². The lowest BCUT2D eigenvalue weighted by molar-refractivity contribution is -0.125. The lowest BCUT2D eigenvalue weighted by Crippen LogP contribution is -2.43. The molecule has 2 amide bonds. The zero-order chi connectivity index (χ0) is 18.4. The third-order valence-corrected chi connectivity index (χ3v) is 3.47. The Hall–Kier alpha value is -2.64. The normalized spacial score (nSPS) is 10.0. The number of ether oxygens (including phenoxy) is 1. The molecule has 0 unspecified atom stereocenters. The molecule has 0 aliphatic heterocycles. The van der Waals surface area contributed by atoms with E-state index in [0.717, 1.165) is 6.07 Å². The average molecular weight is 385 g/mol. The molecule has 2 aromatic rings. The first-order chi connectivity index (χ1) is 11.9. The molecule has 2 N–H and O–H groups in total. The highest BCUT2D eigenvalue weighted by molar-refractivity contribution is 6.36. The SMILES string of the molecule is O=C(COC(=O)c1ccc(Cl)cc1Cl)NNC(=O)c1ccccc1F. The maximum absolute atomic E-state index is 13.4. The molecule has 0 saturated heterocycles. The van der Waals surface area contributed by atoms with Crippen LogP contribution in [0.15, 0.2) is 42.5 Å². The second-order valence-electron chi connectivity index (χ2n) is 4.68. The number of amides is 2. The first-order valence-electron chi connectivity index (χ1n) is 6.84. The van der Waals surface area contributed by atoms with Gasteiger partial charge in [0.2, 0.25) is 0 Å². The van der Waals surface area contributed by atoms with Crippen molar-refractivity contribution in [3.63, 3.8) is 0 Å². The van der Waals surface area contributed by atoms with Gasteiger partial charge in [-0.2, -0.15) is 0 Å². The lowest BCUT2D eigenvalue weighted by atomic mass is 10.2. The smallest absolute Gasteiger partial charge is 0.340 e. The number of benzene rings is 2. The summed E-state index contributed by atoms with van der Waals surface area (Å²) in [6.07, 6.45) is 0. The van der Waals surface area contributed by atoms with Gasteiger partial charge in [-0.25, -0.2) is 9.18 Å². The number of esters is 1. The van der Waals surface area contributed by atoms with E-state index in [1.807, 2.05) is 10.9 Å². The van der Waals surface area contributed by atoms with Crippen LogP contribution in [0.1, 0.15) is 20.7 Å². The molecule has 9 heteroatoms. The molecular weight excluding hydrogens is 374 g/mol.